The maximum atomic E-state index is 5.38. The van der Waals surface area contributed by atoms with Crippen LogP contribution < -0.4 is 10.6 Å². The summed E-state index contributed by atoms with van der Waals surface area (Å²) in [4.78, 5) is 6.96. The zero-order chi connectivity index (χ0) is 16.3. The van der Waals surface area contributed by atoms with Crippen LogP contribution >= 0.6 is 24.0 Å². The third kappa shape index (κ3) is 7.51. The van der Waals surface area contributed by atoms with E-state index in [0.717, 1.165) is 45.4 Å². The normalized spacial score (nSPS) is 15.2. The molecule has 1 aliphatic heterocycles. The molecule has 0 aromatic heterocycles. The highest BCUT2D eigenvalue weighted by Crippen LogP contribution is 2.10. The monoisotopic (exact) mass is 442 g/mol. The van der Waals surface area contributed by atoms with Gasteiger partial charge in [-0.2, -0.15) is 0 Å². The lowest BCUT2D eigenvalue weighted by Crippen LogP contribution is -2.37. The first-order chi connectivity index (χ1) is 11.3. The van der Waals surface area contributed by atoms with E-state index in [9.17, 15) is 0 Å². The van der Waals surface area contributed by atoms with Gasteiger partial charge in [0.2, 0.25) is 0 Å². The van der Waals surface area contributed by atoms with Crippen LogP contribution in [-0.4, -0.2) is 50.3 Å². The van der Waals surface area contributed by atoms with E-state index in [1.165, 1.54) is 11.1 Å². The van der Waals surface area contributed by atoms with E-state index < -0.39 is 0 Å². The number of rotatable bonds is 6. The Kier molecular flexibility index (Phi) is 10.5. The Morgan fingerprint density at radius 1 is 1.21 bits per heavy atom. The minimum Gasteiger partial charge on any atom is -0.379 e. The van der Waals surface area contributed by atoms with Gasteiger partial charge < -0.3 is 15.4 Å². The van der Waals surface area contributed by atoms with Crippen molar-refractivity contribution in [2.75, 3.05) is 39.4 Å². The maximum Gasteiger partial charge on any atom is 0.192 e. The van der Waals surface area contributed by atoms with Crippen LogP contribution in [0.15, 0.2) is 29.3 Å². The van der Waals surface area contributed by atoms with Gasteiger partial charge in [0.25, 0.3) is 0 Å². The number of hydrogen-bond acceptors (Lipinski definition) is 3. The van der Waals surface area contributed by atoms with Crippen molar-refractivity contribution in [1.29, 1.82) is 0 Å². The Labute approximate surface area is 162 Å². The molecule has 1 aromatic carbocycles. The van der Waals surface area contributed by atoms with Gasteiger partial charge in [0.05, 0.1) is 26.3 Å². The molecule has 0 bridgehead atoms. The van der Waals surface area contributed by atoms with Gasteiger partial charge in [-0.15, -0.1) is 30.4 Å². The molecule has 0 saturated carbocycles. The molecule has 24 heavy (non-hydrogen) atoms. The largest absolute Gasteiger partial charge is 0.379 e. The molecule has 0 atom stereocenters. The SMILES string of the molecule is C#CCNC(=NCc1ccc(CN2CCOCC2)cc1)NCC.I. The van der Waals surface area contributed by atoms with Gasteiger partial charge in [0.1, 0.15) is 0 Å². The molecule has 1 heterocycles. The molecule has 2 N–H and O–H groups in total. The van der Waals surface area contributed by atoms with Gasteiger partial charge in [-0.05, 0) is 18.1 Å². The highest BCUT2D eigenvalue weighted by molar-refractivity contribution is 14.0. The highest BCUT2D eigenvalue weighted by Gasteiger charge is 2.10. The minimum absolute atomic E-state index is 0. The summed E-state index contributed by atoms with van der Waals surface area (Å²) in [6, 6.07) is 8.65. The van der Waals surface area contributed by atoms with Crippen LogP contribution in [0, 0.1) is 12.3 Å². The zero-order valence-electron chi connectivity index (χ0n) is 14.3. The molecule has 1 aromatic rings. The molecule has 0 amide bonds. The van der Waals surface area contributed by atoms with Crippen molar-refractivity contribution in [3.8, 4) is 12.3 Å². The second kappa shape index (κ2) is 12.1. The van der Waals surface area contributed by atoms with E-state index in [1.54, 1.807) is 0 Å². The number of hydrogen-bond donors (Lipinski definition) is 2. The van der Waals surface area contributed by atoms with Crippen LogP contribution in [0.3, 0.4) is 0 Å². The molecular weight excluding hydrogens is 415 g/mol. The summed E-state index contributed by atoms with van der Waals surface area (Å²) in [6.07, 6.45) is 5.27. The Hall–Kier alpha value is -1.30. The average Bonchev–Trinajstić information content (AvgIpc) is 2.59. The first kappa shape index (κ1) is 20.7. The Bertz CT molecular complexity index is 533. The third-order valence-corrected chi connectivity index (χ3v) is 3.65. The van der Waals surface area contributed by atoms with Gasteiger partial charge in [-0.25, -0.2) is 4.99 Å². The molecule has 0 aliphatic carbocycles. The average molecular weight is 442 g/mol. The third-order valence-electron chi connectivity index (χ3n) is 3.65. The molecule has 1 saturated heterocycles. The summed E-state index contributed by atoms with van der Waals surface area (Å²) in [7, 11) is 0. The van der Waals surface area contributed by atoms with Gasteiger partial charge in [0.15, 0.2) is 5.96 Å². The van der Waals surface area contributed by atoms with E-state index in [0.29, 0.717) is 13.1 Å². The van der Waals surface area contributed by atoms with E-state index >= 15 is 0 Å². The van der Waals surface area contributed by atoms with Crippen LogP contribution in [0.25, 0.3) is 0 Å². The van der Waals surface area contributed by atoms with E-state index in [-0.39, 0.29) is 24.0 Å². The second-order valence-corrected chi connectivity index (χ2v) is 5.46. The van der Waals surface area contributed by atoms with Crippen molar-refractivity contribution < 1.29 is 4.74 Å². The van der Waals surface area contributed by atoms with Crippen molar-refractivity contribution in [2.45, 2.75) is 20.0 Å². The predicted molar refractivity (Wildman–Crippen MR) is 110 cm³/mol. The number of terminal acetylenes is 1. The fourth-order valence-electron chi connectivity index (χ4n) is 2.41. The van der Waals surface area contributed by atoms with Gasteiger partial charge in [-0.1, -0.05) is 30.2 Å². The van der Waals surface area contributed by atoms with Crippen molar-refractivity contribution in [1.82, 2.24) is 15.5 Å². The van der Waals surface area contributed by atoms with Gasteiger partial charge >= 0.3 is 0 Å². The second-order valence-electron chi connectivity index (χ2n) is 5.46. The number of aliphatic imine (C=N–C) groups is 1. The summed E-state index contributed by atoms with van der Waals surface area (Å²) in [5.74, 6) is 3.31. The lowest BCUT2D eigenvalue weighted by atomic mass is 10.1. The Morgan fingerprint density at radius 2 is 1.88 bits per heavy atom. The lowest BCUT2D eigenvalue weighted by Gasteiger charge is -2.26. The first-order valence-corrected chi connectivity index (χ1v) is 8.15. The number of benzene rings is 1. The molecule has 5 nitrogen and oxygen atoms in total. The van der Waals surface area contributed by atoms with E-state index in [1.807, 2.05) is 6.92 Å². The fourth-order valence-corrected chi connectivity index (χ4v) is 2.41. The molecule has 0 radical (unpaired) electrons. The number of ether oxygens (including phenoxy) is 1. The van der Waals surface area contributed by atoms with Crippen LogP contribution in [0.5, 0.6) is 0 Å². The molecule has 0 spiro atoms. The highest BCUT2D eigenvalue weighted by atomic mass is 127. The number of guanidine groups is 1. The maximum absolute atomic E-state index is 5.38. The van der Waals surface area contributed by atoms with Crippen molar-refractivity contribution >= 4 is 29.9 Å². The smallest absolute Gasteiger partial charge is 0.192 e. The number of halogens is 1. The quantitative estimate of drug-likeness (QED) is 0.306. The topological polar surface area (TPSA) is 48.9 Å². The Morgan fingerprint density at radius 3 is 2.50 bits per heavy atom. The van der Waals surface area contributed by atoms with Crippen LogP contribution in [0.4, 0.5) is 0 Å². The van der Waals surface area contributed by atoms with Crippen LogP contribution in [0.1, 0.15) is 18.1 Å². The molecule has 2 rings (SSSR count). The Balaban J connectivity index is 0.00000288. The van der Waals surface area contributed by atoms with Crippen molar-refractivity contribution in [3.63, 3.8) is 0 Å². The molecular formula is C18H27IN4O. The summed E-state index contributed by atoms with van der Waals surface area (Å²) >= 11 is 0. The molecule has 1 fully saturated rings. The summed E-state index contributed by atoms with van der Waals surface area (Å²) in [6.45, 7) is 8.65. The molecule has 6 heteroatoms. The summed E-state index contributed by atoms with van der Waals surface area (Å²) in [5.41, 5.74) is 2.52. The summed E-state index contributed by atoms with van der Waals surface area (Å²) in [5, 5.41) is 6.27. The zero-order valence-corrected chi connectivity index (χ0v) is 16.6. The van der Waals surface area contributed by atoms with Gasteiger partial charge in [0, 0.05) is 26.2 Å². The molecule has 132 valence electrons. The lowest BCUT2D eigenvalue weighted by molar-refractivity contribution is 0.0342. The standard InChI is InChI=1S/C18H26N4O.HI/c1-3-9-20-18(19-4-2)21-14-16-5-7-17(8-6-16)15-22-10-12-23-13-11-22;/h1,5-8H,4,9-15H2,2H3,(H2,19,20,21);1H. The summed E-state index contributed by atoms with van der Waals surface area (Å²) < 4.78 is 5.38. The fraction of sp³-hybridized carbons (Fsp3) is 0.500. The van der Waals surface area contributed by atoms with Crippen LogP contribution in [-0.2, 0) is 17.8 Å². The van der Waals surface area contributed by atoms with Crippen molar-refractivity contribution in [2.24, 2.45) is 4.99 Å². The molecule has 0 unspecified atom stereocenters. The van der Waals surface area contributed by atoms with E-state index in [4.69, 9.17) is 11.2 Å². The molecule has 1 aliphatic rings. The van der Waals surface area contributed by atoms with Crippen molar-refractivity contribution in [3.05, 3.63) is 35.4 Å². The van der Waals surface area contributed by atoms with Gasteiger partial charge in [-0.3, -0.25) is 4.90 Å². The number of nitrogens with one attached hydrogen (secondary N) is 2. The number of morpholine rings is 1. The minimum atomic E-state index is 0. The predicted octanol–water partition coefficient (Wildman–Crippen LogP) is 1.83. The van der Waals surface area contributed by atoms with Crippen LogP contribution in [0.2, 0.25) is 0 Å². The van der Waals surface area contributed by atoms with E-state index in [2.05, 4.69) is 50.7 Å². The number of nitrogens with zero attached hydrogens (tertiary/aromatic N) is 2. The first-order valence-electron chi connectivity index (χ1n) is 8.15.